The molecule has 2 aromatic carbocycles. The molecule has 1 aromatic heterocycles. The van der Waals surface area contributed by atoms with Crippen molar-refractivity contribution in [1.29, 1.82) is 0 Å². The van der Waals surface area contributed by atoms with Crippen LogP contribution in [0.4, 0.5) is 13.9 Å². The molecule has 0 aliphatic carbocycles. The molecule has 0 radical (unpaired) electrons. The maximum absolute atomic E-state index is 14.1. The van der Waals surface area contributed by atoms with E-state index in [2.05, 4.69) is 4.98 Å². The van der Waals surface area contributed by atoms with Crippen LogP contribution in [0.25, 0.3) is 10.2 Å². The number of hydrogen-bond donors (Lipinski definition) is 1. The van der Waals surface area contributed by atoms with E-state index in [1.165, 1.54) is 35.6 Å². The number of hydrogen-bond acceptors (Lipinski definition) is 4. The minimum atomic E-state index is -0.835. The summed E-state index contributed by atoms with van der Waals surface area (Å²) in [5.74, 6) is -1.23. The number of fused-ring (bicyclic) bond motifs is 1. The summed E-state index contributed by atoms with van der Waals surface area (Å²) in [6, 6.07) is 5.24. The highest BCUT2D eigenvalue weighted by molar-refractivity contribution is 7.22. The molecule has 0 aliphatic heterocycles. The molecule has 1 atom stereocenters. The molecule has 0 amide bonds. The highest BCUT2D eigenvalue weighted by atomic mass is 35.5. The molecular formula is C15H10Cl2F2N2OS. The van der Waals surface area contributed by atoms with Gasteiger partial charge in [-0.15, -0.1) is 0 Å². The van der Waals surface area contributed by atoms with Crippen LogP contribution in [-0.4, -0.2) is 4.98 Å². The van der Waals surface area contributed by atoms with E-state index < -0.39 is 17.7 Å². The molecule has 3 aromatic rings. The topological polar surface area (TPSA) is 48.1 Å². The van der Waals surface area contributed by atoms with Crippen LogP contribution in [0, 0.1) is 11.6 Å². The van der Waals surface area contributed by atoms with Gasteiger partial charge in [0.15, 0.2) is 16.7 Å². The molecule has 3 rings (SSSR count). The summed E-state index contributed by atoms with van der Waals surface area (Å²) in [5.41, 5.74) is 6.12. The Balaban J connectivity index is 1.98. The van der Waals surface area contributed by atoms with E-state index in [9.17, 15) is 8.78 Å². The highest BCUT2D eigenvalue weighted by Crippen LogP contribution is 2.36. The number of nitrogens with two attached hydrogens (primary N) is 1. The van der Waals surface area contributed by atoms with Crippen molar-refractivity contribution >= 4 is 49.9 Å². The third-order valence-corrected chi connectivity index (χ3v) is 4.91. The second-order valence-corrected chi connectivity index (χ2v) is 6.67. The third kappa shape index (κ3) is 3.06. The molecular weight excluding hydrogens is 365 g/mol. The first-order valence-corrected chi connectivity index (χ1v) is 8.09. The number of anilines is 1. The number of nitrogen functional groups attached to an aromatic ring is 1. The zero-order chi connectivity index (χ0) is 16.7. The van der Waals surface area contributed by atoms with Gasteiger partial charge in [-0.3, -0.25) is 0 Å². The summed E-state index contributed by atoms with van der Waals surface area (Å²) in [6.45, 7) is 1.56. The molecule has 2 N–H and O–H groups in total. The molecule has 0 saturated carbocycles. The minimum absolute atomic E-state index is 0.0379. The van der Waals surface area contributed by atoms with Crippen molar-refractivity contribution in [2.45, 2.75) is 13.0 Å². The fourth-order valence-electron chi connectivity index (χ4n) is 2.20. The first-order chi connectivity index (χ1) is 10.9. The summed E-state index contributed by atoms with van der Waals surface area (Å²) in [4.78, 5) is 3.99. The standard InChI is InChI=1S/C15H10Cl2F2N2OS/c1-6(13-8(18)3-2-7(16)14(13)17)22-11-5-12-10(4-9(11)19)21-15(20)23-12/h2-6H,1H3,(H2,20,21). The van der Waals surface area contributed by atoms with Gasteiger partial charge in [0.25, 0.3) is 0 Å². The zero-order valence-corrected chi connectivity index (χ0v) is 14.1. The predicted octanol–water partition coefficient (Wildman–Crippen LogP) is 5.60. The van der Waals surface area contributed by atoms with Gasteiger partial charge >= 0.3 is 0 Å². The summed E-state index contributed by atoms with van der Waals surface area (Å²) >= 11 is 13.1. The van der Waals surface area contributed by atoms with Crippen molar-refractivity contribution in [1.82, 2.24) is 4.98 Å². The monoisotopic (exact) mass is 374 g/mol. The molecule has 0 spiro atoms. The Morgan fingerprint density at radius 2 is 1.96 bits per heavy atom. The number of aromatic nitrogens is 1. The number of halogens is 4. The molecule has 1 unspecified atom stereocenters. The van der Waals surface area contributed by atoms with Crippen molar-refractivity contribution < 1.29 is 13.5 Å². The Bertz CT molecular complexity index is 901. The van der Waals surface area contributed by atoms with Crippen molar-refractivity contribution in [3.63, 3.8) is 0 Å². The van der Waals surface area contributed by atoms with Crippen LogP contribution in [0.2, 0.25) is 10.0 Å². The molecule has 0 aliphatic rings. The van der Waals surface area contributed by atoms with E-state index in [0.29, 0.717) is 15.3 Å². The van der Waals surface area contributed by atoms with Crippen molar-refractivity contribution in [2.24, 2.45) is 0 Å². The number of ether oxygens (including phenoxy) is 1. The molecule has 0 saturated heterocycles. The largest absolute Gasteiger partial charge is 0.483 e. The molecule has 0 fully saturated rings. The maximum atomic E-state index is 14.1. The second kappa shape index (κ2) is 6.11. The van der Waals surface area contributed by atoms with Crippen LogP contribution in [0.3, 0.4) is 0 Å². The average molecular weight is 375 g/mol. The Kier molecular flexibility index (Phi) is 4.31. The van der Waals surface area contributed by atoms with E-state index in [-0.39, 0.29) is 21.4 Å². The fourth-order valence-corrected chi connectivity index (χ4v) is 3.42. The summed E-state index contributed by atoms with van der Waals surface area (Å²) in [6.07, 6.45) is -0.835. The lowest BCUT2D eigenvalue weighted by Gasteiger charge is -2.18. The van der Waals surface area contributed by atoms with Crippen molar-refractivity contribution in [3.05, 3.63) is 51.5 Å². The predicted molar refractivity (Wildman–Crippen MR) is 89.5 cm³/mol. The number of nitrogens with zero attached hydrogens (tertiary/aromatic N) is 1. The summed E-state index contributed by atoms with van der Waals surface area (Å²) in [7, 11) is 0. The molecule has 23 heavy (non-hydrogen) atoms. The van der Waals surface area contributed by atoms with Gasteiger partial charge in [-0.2, -0.15) is 0 Å². The Morgan fingerprint density at radius 3 is 2.70 bits per heavy atom. The van der Waals surface area contributed by atoms with Gasteiger partial charge in [0.05, 0.1) is 20.3 Å². The van der Waals surface area contributed by atoms with E-state index in [1.54, 1.807) is 6.92 Å². The van der Waals surface area contributed by atoms with E-state index in [0.717, 1.165) is 0 Å². The zero-order valence-electron chi connectivity index (χ0n) is 11.7. The van der Waals surface area contributed by atoms with Gasteiger partial charge in [0, 0.05) is 17.7 Å². The van der Waals surface area contributed by atoms with Crippen LogP contribution in [0.1, 0.15) is 18.6 Å². The SMILES string of the molecule is CC(Oc1cc2sc(N)nc2cc1F)c1c(F)ccc(Cl)c1Cl. The number of thiazole rings is 1. The average Bonchev–Trinajstić information content (AvgIpc) is 2.83. The summed E-state index contributed by atoms with van der Waals surface area (Å²) < 4.78 is 34.3. The first kappa shape index (κ1) is 16.2. The van der Waals surface area contributed by atoms with Gasteiger partial charge in [-0.25, -0.2) is 13.8 Å². The molecule has 1 heterocycles. The van der Waals surface area contributed by atoms with E-state index in [4.69, 9.17) is 33.7 Å². The van der Waals surface area contributed by atoms with Gasteiger partial charge in [0.2, 0.25) is 0 Å². The Labute approximate surface area is 144 Å². The van der Waals surface area contributed by atoms with Gasteiger partial charge < -0.3 is 10.5 Å². The summed E-state index contributed by atoms with van der Waals surface area (Å²) in [5, 5.41) is 0.570. The highest BCUT2D eigenvalue weighted by Gasteiger charge is 2.20. The van der Waals surface area contributed by atoms with Gasteiger partial charge in [0.1, 0.15) is 11.9 Å². The molecule has 120 valence electrons. The lowest BCUT2D eigenvalue weighted by Crippen LogP contribution is -2.07. The van der Waals surface area contributed by atoms with Crippen LogP contribution in [-0.2, 0) is 0 Å². The fraction of sp³-hybridized carbons (Fsp3) is 0.133. The van der Waals surface area contributed by atoms with E-state index in [1.807, 2.05) is 0 Å². The van der Waals surface area contributed by atoms with E-state index >= 15 is 0 Å². The normalized spacial score (nSPS) is 12.6. The van der Waals surface area contributed by atoms with Crippen LogP contribution >= 0.6 is 34.5 Å². The molecule has 0 bridgehead atoms. The molecule has 3 nitrogen and oxygen atoms in total. The third-order valence-electron chi connectivity index (χ3n) is 3.25. The quantitative estimate of drug-likeness (QED) is 0.606. The van der Waals surface area contributed by atoms with Crippen molar-refractivity contribution in [3.8, 4) is 5.75 Å². The smallest absolute Gasteiger partial charge is 0.181 e. The Morgan fingerprint density at radius 1 is 1.22 bits per heavy atom. The van der Waals surface area contributed by atoms with Crippen LogP contribution in [0.15, 0.2) is 24.3 Å². The van der Waals surface area contributed by atoms with Gasteiger partial charge in [-0.05, 0) is 19.1 Å². The van der Waals surface area contributed by atoms with Crippen LogP contribution < -0.4 is 10.5 Å². The minimum Gasteiger partial charge on any atom is -0.483 e. The lowest BCUT2D eigenvalue weighted by molar-refractivity contribution is 0.212. The lowest BCUT2D eigenvalue weighted by atomic mass is 10.1. The maximum Gasteiger partial charge on any atom is 0.181 e. The second-order valence-electron chi connectivity index (χ2n) is 4.82. The number of rotatable bonds is 3. The first-order valence-electron chi connectivity index (χ1n) is 6.52. The Hall–Kier alpha value is -1.63. The van der Waals surface area contributed by atoms with Crippen LogP contribution in [0.5, 0.6) is 5.75 Å². The number of benzene rings is 2. The van der Waals surface area contributed by atoms with Gasteiger partial charge in [-0.1, -0.05) is 34.5 Å². The van der Waals surface area contributed by atoms with Crippen molar-refractivity contribution in [2.75, 3.05) is 5.73 Å². The molecule has 8 heteroatoms.